The molecule has 15 heavy (non-hydrogen) atoms. The van der Waals surface area contributed by atoms with Gasteiger partial charge in [-0.05, 0) is 11.0 Å². The van der Waals surface area contributed by atoms with Gasteiger partial charge in [0.2, 0.25) is 0 Å². The number of rotatable bonds is 0. The van der Waals surface area contributed by atoms with Crippen molar-refractivity contribution in [2.45, 2.75) is 52.4 Å². The van der Waals surface area contributed by atoms with Crippen LogP contribution in [0.1, 0.15) is 52.8 Å². The van der Waals surface area contributed by atoms with Crippen molar-refractivity contribution >= 4 is 22.6 Å². The van der Waals surface area contributed by atoms with Gasteiger partial charge in [-0.2, -0.15) is 0 Å². The smallest absolute Gasteiger partial charge is 0.190 e. The monoisotopic (exact) mass is 318 g/mol. The normalized spacial score (nSPS) is 13.0. The second-order valence-electron chi connectivity index (χ2n) is 5.90. The highest BCUT2D eigenvalue weighted by Gasteiger charge is 2.27. The van der Waals surface area contributed by atoms with Crippen LogP contribution in [0.2, 0.25) is 0 Å². The van der Waals surface area contributed by atoms with E-state index in [0.29, 0.717) is 0 Å². The van der Waals surface area contributed by atoms with Crippen molar-refractivity contribution < 1.29 is 0 Å². The predicted molar refractivity (Wildman–Crippen MR) is 72.1 cm³/mol. The lowest BCUT2D eigenvalue weighted by Gasteiger charge is -2.28. The maximum absolute atomic E-state index is 4.59. The van der Waals surface area contributed by atoms with Gasteiger partial charge in [-0.15, -0.1) is 0 Å². The first-order valence-corrected chi connectivity index (χ1v) is 6.24. The van der Waals surface area contributed by atoms with Gasteiger partial charge in [-0.1, -0.05) is 41.5 Å². The third kappa shape index (κ3) is 3.13. The standard InChI is InChI=1S/C12H19IN2/c1-11(2,3)8-7-14-10(13)15-9(8)12(4,5)6/h7H,1-6H3. The second-order valence-corrected chi connectivity index (χ2v) is 6.87. The van der Waals surface area contributed by atoms with Crippen LogP contribution in [0.15, 0.2) is 6.20 Å². The van der Waals surface area contributed by atoms with E-state index in [1.54, 1.807) is 0 Å². The molecule has 3 heteroatoms. The molecule has 0 aliphatic carbocycles. The minimum atomic E-state index is 0.0749. The van der Waals surface area contributed by atoms with Crippen molar-refractivity contribution in [1.82, 2.24) is 9.97 Å². The lowest BCUT2D eigenvalue weighted by molar-refractivity contribution is 0.508. The topological polar surface area (TPSA) is 25.8 Å². The van der Waals surface area contributed by atoms with Gasteiger partial charge in [0, 0.05) is 34.2 Å². The Morgan fingerprint density at radius 2 is 1.53 bits per heavy atom. The summed E-state index contributed by atoms with van der Waals surface area (Å²) in [7, 11) is 0. The molecule has 1 rings (SSSR count). The Bertz CT molecular complexity index is 359. The molecule has 0 atom stereocenters. The quantitative estimate of drug-likeness (QED) is 0.539. The molecule has 0 fully saturated rings. The molecular weight excluding hydrogens is 299 g/mol. The van der Waals surface area contributed by atoms with E-state index in [1.165, 1.54) is 5.56 Å². The van der Waals surface area contributed by atoms with Gasteiger partial charge in [-0.25, -0.2) is 9.97 Å². The highest BCUT2D eigenvalue weighted by atomic mass is 127. The highest BCUT2D eigenvalue weighted by Crippen LogP contribution is 2.31. The van der Waals surface area contributed by atoms with Gasteiger partial charge in [0.05, 0.1) is 5.69 Å². The zero-order valence-corrected chi connectivity index (χ0v) is 12.5. The zero-order chi connectivity index (χ0) is 11.9. The maximum atomic E-state index is 4.59. The minimum Gasteiger partial charge on any atom is -0.231 e. The molecule has 0 aliphatic heterocycles. The summed E-state index contributed by atoms with van der Waals surface area (Å²) < 4.78 is 0.825. The van der Waals surface area contributed by atoms with Crippen LogP contribution in [0.25, 0.3) is 0 Å². The Kier molecular flexibility index (Phi) is 3.43. The summed E-state index contributed by atoms with van der Waals surface area (Å²) in [5, 5.41) is 0. The Morgan fingerprint density at radius 3 is 1.93 bits per heavy atom. The van der Waals surface area contributed by atoms with E-state index in [1.807, 2.05) is 6.20 Å². The average Bonchev–Trinajstić information content (AvgIpc) is 2.00. The van der Waals surface area contributed by atoms with E-state index in [2.05, 4.69) is 74.1 Å². The average molecular weight is 318 g/mol. The van der Waals surface area contributed by atoms with Gasteiger partial charge in [0.15, 0.2) is 3.83 Å². The molecule has 0 amide bonds. The molecule has 2 nitrogen and oxygen atoms in total. The third-order valence-electron chi connectivity index (χ3n) is 2.28. The molecule has 0 aromatic carbocycles. The number of halogens is 1. The van der Waals surface area contributed by atoms with Crippen molar-refractivity contribution in [3.63, 3.8) is 0 Å². The van der Waals surface area contributed by atoms with E-state index in [9.17, 15) is 0 Å². The van der Waals surface area contributed by atoms with Crippen molar-refractivity contribution in [2.75, 3.05) is 0 Å². The van der Waals surface area contributed by atoms with Crippen molar-refractivity contribution in [3.8, 4) is 0 Å². The van der Waals surface area contributed by atoms with Gasteiger partial charge in [-0.3, -0.25) is 0 Å². The summed E-state index contributed by atoms with van der Waals surface area (Å²) in [5.74, 6) is 0. The van der Waals surface area contributed by atoms with Gasteiger partial charge in [0.25, 0.3) is 0 Å². The van der Waals surface area contributed by atoms with E-state index < -0.39 is 0 Å². The summed E-state index contributed by atoms with van der Waals surface area (Å²) in [4.78, 5) is 8.88. The fraction of sp³-hybridized carbons (Fsp3) is 0.667. The van der Waals surface area contributed by atoms with Gasteiger partial charge in [0.1, 0.15) is 0 Å². The molecule has 0 N–H and O–H groups in total. The molecular formula is C12H19IN2. The number of hydrogen-bond donors (Lipinski definition) is 0. The summed E-state index contributed by atoms with van der Waals surface area (Å²) in [6.07, 6.45) is 1.97. The first-order valence-electron chi connectivity index (χ1n) is 5.16. The Balaban J connectivity index is 3.41. The van der Waals surface area contributed by atoms with Crippen LogP contribution in [0.3, 0.4) is 0 Å². The molecule has 1 aromatic rings. The summed E-state index contributed by atoms with van der Waals surface area (Å²) >= 11 is 2.17. The van der Waals surface area contributed by atoms with E-state index in [-0.39, 0.29) is 10.8 Å². The number of hydrogen-bond acceptors (Lipinski definition) is 2. The van der Waals surface area contributed by atoms with E-state index >= 15 is 0 Å². The van der Waals surface area contributed by atoms with Crippen LogP contribution in [0.4, 0.5) is 0 Å². The van der Waals surface area contributed by atoms with Crippen LogP contribution in [-0.4, -0.2) is 9.97 Å². The van der Waals surface area contributed by atoms with E-state index in [0.717, 1.165) is 9.53 Å². The fourth-order valence-corrected chi connectivity index (χ4v) is 1.86. The Morgan fingerprint density at radius 1 is 1.00 bits per heavy atom. The molecule has 84 valence electrons. The summed E-state index contributed by atoms with van der Waals surface area (Å²) in [6, 6.07) is 0. The molecule has 0 unspecified atom stereocenters. The molecule has 0 bridgehead atoms. The Hall–Kier alpha value is -0.190. The zero-order valence-electron chi connectivity index (χ0n) is 10.3. The van der Waals surface area contributed by atoms with Gasteiger partial charge < -0.3 is 0 Å². The van der Waals surface area contributed by atoms with Gasteiger partial charge >= 0.3 is 0 Å². The van der Waals surface area contributed by atoms with Crippen LogP contribution in [-0.2, 0) is 10.8 Å². The fourth-order valence-electron chi connectivity index (χ4n) is 1.48. The van der Waals surface area contributed by atoms with Crippen LogP contribution in [0.5, 0.6) is 0 Å². The van der Waals surface area contributed by atoms with Crippen LogP contribution >= 0.6 is 22.6 Å². The van der Waals surface area contributed by atoms with Crippen LogP contribution < -0.4 is 0 Å². The predicted octanol–water partition coefficient (Wildman–Crippen LogP) is 3.68. The van der Waals surface area contributed by atoms with Crippen molar-refractivity contribution in [2.24, 2.45) is 0 Å². The minimum absolute atomic E-state index is 0.0749. The molecule has 0 radical (unpaired) electrons. The first-order chi connectivity index (χ1) is 6.62. The largest absolute Gasteiger partial charge is 0.231 e. The lowest BCUT2D eigenvalue weighted by atomic mass is 9.79. The molecule has 0 aliphatic rings. The number of nitrogens with zero attached hydrogens (tertiary/aromatic N) is 2. The van der Waals surface area contributed by atoms with E-state index in [4.69, 9.17) is 0 Å². The lowest BCUT2D eigenvalue weighted by Crippen LogP contribution is -2.24. The SMILES string of the molecule is CC(C)(C)c1cnc(I)nc1C(C)(C)C. The van der Waals surface area contributed by atoms with Crippen molar-refractivity contribution in [1.29, 1.82) is 0 Å². The second kappa shape index (κ2) is 4.00. The molecule has 0 saturated carbocycles. The molecule has 0 saturated heterocycles. The van der Waals surface area contributed by atoms with Crippen LogP contribution in [0, 0.1) is 3.83 Å². The summed E-state index contributed by atoms with van der Waals surface area (Å²) in [5.41, 5.74) is 2.59. The number of aromatic nitrogens is 2. The van der Waals surface area contributed by atoms with Crippen molar-refractivity contribution in [3.05, 3.63) is 21.3 Å². The Labute approximate surface area is 106 Å². The molecule has 0 spiro atoms. The third-order valence-corrected chi connectivity index (χ3v) is 2.80. The summed E-state index contributed by atoms with van der Waals surface area (Å²) in [6.45, 7) is 13.2. The molecule has 1 heterocycles. The highest BCUT2D eigenvalue weighted by molar-refractivity contribution is 14.1. The molecule has 1 aromatic heterocycles. The first kappa shape index (κ1) is 12.9. The maximum Gasteiger partial charge on any atom is 0.190 e.